The fourth-order valence-corrected chi connectivity index (χ4v) is 3.67. The van der Waals surface area contributed by atoms with E-state index >= 15 is 0 Å². The third-order valence-corrected chi connectivity index (χ3v) is 5.82. The quantitative estimate of drug-likeness (QED) is 0.758. The van der Waals surface area contributed by atoms with Crippen LogP contribution in [0.2, 0.25) is 0 Å². The largest absolute Gasteiger partial charge is 0.478 e. The Labute approximate surface area is 106 Å². The predicted octanol–water partition coefficient (Wildman–Crippen LogP) is 3.97. The third-order valence-electron chi connectivity index (χ3n) is 1.84. The first-order valence-corrected chi connectivity index (χ1v) is 6.39. The van der Waals surface area contributed by atoms with Crippen molar-refractivity contribution in [2.75, 3.05) is 0 Å². The number of aromatic carboxylic acids is 1. The molecular weight excluding hydrogens is 379 g/mol. The molecule has 1 aromatic carbocycles. The molecule has 0 atom stereocenters. The van der Waals surface area contributed by atoms with E-state index in [9.17, 15) is 4.79 Å². The van der Waals surface area contributed by atoms with Crippen molar-refractivity contribution in [2.45, 2.75) is 0 Å². The van der Waals surface area contributed by atoms with E-state index in [1.807, 2.05) is 6.07 Å². The predicted molar refractivity (Wildman–Crippen MR) is 69.2 cm³/mol. The number of rotatable bonds is 1. The van der Waals surface area contributed by atoms with E-state index in [-0.39, 0.29) is 0 Å². The van der Waals surface area contributed by atoms with Gasteiger partial charge in [0.1, 0.15) is 0 Å². The zero-order valence-corrected chi connectivity index (χ0v) is 11.3. The minimum Gasteiger partial charge on any atom is -0.478 e. The number of hydrogen-bond acceptors (Lipinski definition) is 2. The summed E-state index contributed by atoms with van der Waals surface area (Å²) in [4.78, 5) is 10.7. The molecule has 0 amide bonds. The molecule has 14 heavy (non-hydrogen) atoms. The number of thiophene rings is 1. The van der Waals surface area contributed by atoms with Crippen LogP contribution in [0, 0.1) is 2.88 Å². The molecule has 0 aliphatic rings. The topological polar surface area (TPSA) is 37.3 Å². The van der Waals surface area contributed by atoms with Crippen molar-refractivity contribution in [1.82, 2.24) is 0 Å². The van der Waals surface area contributed by atoms with Crippen LogP contribution < -0.4 is 0 Å². The van der Waals surface area contributed by atoms with Gasteiger partial charge in [-0.2, -0.15) is 0 Å². The first-order valence-electron chi connectivity index (χ1n) is 3.70. The molecular formula is C9H4BrIO2S. The average Bonchev–Trinajstić information content (AvgIpc) is 2.43. The molecule has 5 heteroatoms. The summed E-state index contributed by atoms with van der Waals surface area (Å²) in [6.07, 6.45) is 0. The van der Waals surface area contributed by atoms with Crippen LogP contribution in [0.25, 0.3) is 10.1 Å². The van der Waals surface area contributed by atoms with Crippen molar-refractivity contribution in [2.24, 2.45) is 0 Å². The van der Waals surface area contributed by atoms with E-state index < -0.39 is 5.97 Å². The lowest BCUT2D eigenvalue weighted by Crippen LogP contribution is -1.94. The van der Waals surface area contributed by atoms with E-state index in [1.165, 1.54) is 0 Å². The summed E-state index contributed by atoms with van der Waals surface area (Å²) in [5.41, 5.74) is 0.326. The molecule has 1 aromatic heterocycles. The number of benzene rings is 1. The molecule has 0 saturated heterocycles. The summed E-state index contributed by atoms with van der Waals surface area (Å²) in [5.74, 6) is -0.889. The highest BCUT2D eigenvalue weighted by molar-refractivity contribution is 14.1. The van der Waals surface area contributed by atoms with Gasteiger partial charge >= 0.3 is 5.97 Å². The van der Waals surface area contributed by atoms with Gasteiger partial charge < -0.3 is 5.11 Å². The highest BCUT2D eigenvalue weighted by Gasteiger charge is 2.10. The number of hydrogen-bond donors (Lipinski definition) is 1. The van der Waals surface area contributed by atoms with E-state index in [0.29, 0.717) is 5.56 Å². The zero-order valence-electron chi connectivity index (χ0n) is 6.75. The molecule has 2 aromatic rings. The Balaban J connectivity index is 2.76. The third kappa shape index (κ3) is 1.68. The van der Waals surface area contributed by atoms with Crippen LogP contribution in [0.4, 0.5) is 0 Å². The van der Waals surface area contributed by atoms with Gasteiger partial charge in [0.25, 0.3) is 0 Å². The van der Waals surface area contributed by atoms with Crippen LogP contribution >= 0.6 is 49.9 Å². The average molecular weight is 383 g/mol. The van der Waals surface area contributed by atoms with Crippen LogP contribution in [0.1, 0.15) is 10.4 Å². The van der Waals surface area contributed by atoms with Gasteiger partial charge in [0.05, 0.1) is 8.45 Å². The molecule has 72 valence electrons. The molecule has 0 aliphatic heterocycles. The highest BCUT2D eigenvalue weighted by atomic mass is 127. The Kier molecular flexibility index (Phi) is 2.81. The fraction of sp³-hybridized carbons (Fsp3) is 0. The van der Waals surface area contributed by atoms with Gasteiger partial charge in [-0.05, 0) is 56.7 Å². The number of halogens is 2. The van der Waals surface area contributed by atoms with Gasteiger partial charge in [0, 0.05) is 14.6 Å². The van der Waals surface area contributed by atoms with Crippen molar-refractivity contribution in [1.29, 1.82) is 0 Å². The van der Waals surface area contributed by atoms with Gasteiger partial charge in [0.15, 0.2) is 0 Å². The van der Waals surface area contributed by atoms with Crippen LogP contribution in [0.3, 0.4) is 0 Å². The lowest BCUT2D eigenvalue weighted by molar-refractivity contribution is 0.0697. The van der Waals surface area contributed by atoms with Crippen molar-refractivity contribution in [3.63, 3.8) is 0 Å². The molecule has 0 saturated carbocycles. The van der Waals surface area contributed by atoms with E-state index in [1.54, 1.807) is 23.5 Å². The Morgan fingerprint density at radius 3 is 2.86 bits per heavy atom. The molecule has 1 heterocycles. The van der Waals surface area contributed by atoms with Gasteiger partial charge in [-0.25, -0.2) is 4.79 Å². The minimum atomic E-state index is -0.889. The Morgan fingerprint density at radius 1 is 1.50 bits per heavy atom. The summed E-state index contributed by atoms with van der Waals surface area (Å²) in [6, 6.07) is 5.17. The second kappa shape index (κ2) is 3.79. The lowest BCUT2D eigenvalue weighted by atomic mass is 10.2. The van der Waals surface area contributed by atoms with Gasteiger partial charge in [-0.3, -0.25) is 0 Å². The molecule has 2 rings (SSSR count). The fourth-order valence-electron chi connectivity index (χ4n) is 1.17. The van der Waals surface area contributed by atoms with Crippen molar-refractivity contribution >= 4 is 65.9 Å². The minimum absolute atomic E-state index is 0.326. The zero-order chi connectivity index (χ0) is 10.3. The van der Waals surface area contributed by atoms with Crippen molar-refractivity contribution in [3.05, 3.63) is 31.1 Å². The molecule has 2 nitrogen and oxygen atoms in total. The maximum absolute atomic E-state index is 10.7. The van der Waals surface area contributed by atoms with Gasteiger partial charge in [-0.1, -0.05) is 0 Å². The number of fused-ring (bicyclic) bond motifs is 1. The van der Waals surface area contributed by atoms with Crippen LogP contribution in [-0.4, -0.2) is 11.1 Å². The molecule has 0 bridgehead atoms. The van der Waals surface area contributed by atoms with E-state index in [0.717, 1.165) is 17.4 Å². The molecule has 0 unspecified atom stereocenters. The Hall–Kier alpha value is -0.140. The maximum atomic E-state index is 10.7. The molecule has 0 fully saturated rings. The molecule has 0 spiro atoms. The standard InChI is InChI=1S/C9H4BrIO2S/c10-7-5-3-4(9(12)13)1-2-6(5)14-8(7)11/h1-3H,(H,12,13). The normalized spacial score (nSPS) is 10.7. The Bertz CT molecular complexity index is 521. The summed E-state index contributed by atoms with van der Waals surface area (Å²) in [5, 5.41) is 9.80. The smallest absolute Gasteiger partial charge is 0.335 e. The second-order valence-electron chi connectivity index (χ2n) is 2.71. The highest BCUT2D eigenvalue weighted by Crippen LogP contribution is 2.36. The van der Waals surface area contributed by atoms with Gasteiger partial charge in [0.2, 0.25) is 0 Å². The maximum Gasteiger partial charge on any atom is 0.335 e. The number of carboxylic acid groups (broad SMARTS) is 1. The van der Waals surface area contributed by atoms with Crippen LogP contribution in [0.15, 0.2) is 22.7 Å². The monoisotopic (exact) mass is 382 g/mol. The van der Waals surface area contributed by atoms with E-state index in [2.05, 4.69) is 38.5 Å². The van der Waals surface area contributed by atoms with Gasteiger partial charge in [-0.15, -0.1) is 11.3 Å². The summed E-state index contributed by atoms with van der Waals surface area (Å²) in [7, 11) is 0. The van der Waals surface area contributed by atoms with E-state index in [4.69, 9.17) is 5.11 Å². The van der Waals surface area contributed by atoms with Crippen molar-refractivity contribution < 1.29 is 9.90 Å². The van der Waals surface area contributed by atoms with Crippen LogP contribution in [0.5, 0.6) is 0 Å². The lowest BCUT2D eigenvalue weighted by Gasteiger charge is -1.94. The number of carboxylic acids is 1. The second-order valence-corrected chi connectivity index (χ2v) is 6.36. The first kappa shape index (κ1) is 10.4. The molecule has 0 aliphatic carbocycles. The van der Waals surface area contributed by atoms with Crippen molar-refractivity contribution in [3.8, 4) is 0 Å². The summed E-state index contributed by atoms with van der Waals surface area (Å²) in [6.45, 7) is 0. The van der Waals surface area contributed by atoms with Crippen LogP contribution in [-0.2, 0) is 0 Å². The summed E-state index contributed by atoms with van der Waals surface area (Å²) < 4.78 is 3.23. The Morgan fingerprint density at radius 2 is 2.21 bits per heavy atom. The number of carbonyl (C=O) groups is 1. The summed E-state index contributed by atoms with van der Waals surface area (Å²) >= 11 is 7.32. The SMILES string of the molecule is O=C(O)c1ccc2sc(I)c(Br)c2c1. The molecule has 0 radical (unpaired) electrons. The molecule has 1 N–H and O–H groups in total. The first-order chi connectivity index (χ1) is 6.59.